The first-order valence-electron chi connectivity index (χ1n) is 14.1. The highest BCUT2D eigenvalue weighted by molar-refractivity contribution is 5.79. The van der Waals surface area contributed by atoms with Gasteiger partial charge in [-0.2, -0.15) is 0 Å². The third-order valence-corrected chi connectivity index (χ3v) is 6.81. The lowest BCUT2D eigenvalue weighted by Crippen LogP contribution is -2.32. The second-order valence-corrected chi connectivity index (χ2v) is 9.76. The average Bonchev–Trinajstić information content (AvgIpc) is 3.28. The predicted molar refractivity (Wildman–Crippen MR) is 151 cm³/mol. The lowest BCUT2D eigenvalue weighted by molar-refractivity contribution is -0.0140. The molecule has 1 aliphatic carbocycles. The van der Waals surface area contributed by atoms with E-state index in [1.54, 1.807) is 11.9 Å². The third-order valence-electron chi connectivity index (χ3n) is 6.81. The first-order valence-corrected chi connectivity index (χ1v) is 14.1. The number of rotatable bonds is 20. The maximum atomic E-state index is 12.5. The van der Waals surface area contributed by atoms with Gasteiger partial charge < -0.3 is 33.3 Å². The van der Waals surface area contributed by atoms with Gasteiger partial charge in [-0.3, -0.25) is 0 Å². The van der Waals surface area contributed by atoms with Gasteiger partial charge in [-0.15, -0.1) is 0 Å². The van der Waals surface area contributed by atoms with Gasteiger partial charge in [0.2, 0.25) is 0 Å². The van der Waals surface area contributed by atoms with Gasteiger partial charge in [0.15, 0.2) is 0 Å². The van der Waals surface area contributed by atoms with Crippen LogP contribution in [0.4, 0.5) is 4.79 Å². The van der Waals surface area contributed by atoms with Crippen molar-refractivity contribution in [1.29, 1.82) is 0 Å². The number of likely N-dealkylation sites (N-methyl/N-ethyl adjacent to an activating group) is 1. The molecule has 8 heteroatoms. The maximum absolute atomic E-state index is 12.5. The Bertz CT molecular complexity index is 924. The highest BCUT2D eigenvalue weighted by atomic mass is 16.6. The average molecular weight is 544 g/mol. The van der Waals surface area contributed by atoms with Crippen molar-refractivity contribution in [3.63, 3.8) is 0 Å². The maximum Gasteiger partial charge on any atom is 0.409 e. The largest absolute Gasteiger partial charge is 0.448 e. The molecule has 0 N–H and O–H groups in total. The second-order valence-electron chi connectivity index (χ2n) is 9.76. The number of carbonyl (C=O) groups excluding carboxylic acids is 1. The molecule has 0 fully saturated rings. The van der Waals surface area contributed by atoms with Crippen molar-refractivity contribution in [3.05, 3.63) is 59.7 Å². The minimum absolute atomic E-state index is 0.0542. The van der Waals surface area contributed by atoms with Crippen LogP contribution in [0.3, 0.4) is 0 Å². The van der Waals surface area contributed by atoms with E-state index in [4.69, 9.17) is 28.4 Å². The van der Waals surface area contributed by atoms with E-state index >= 15 is 0 Å². The molecule has 0 aromatic heterocycles. The molecule has 1 unspecified atom stereocenters. The van der Waals surface area contributed by atoms with Crippen molar-refractivity contribution in [2.75, 3.05) is 86.3 Å². The molecule has 0 bridgehead atoms. The third kappa shape index (κ3) is 10.5. The Morgan fingerprint density at radius 3 is 1.72 bits per heavy atom. The summed E-state index contributed by atoms with van der Waals surface area (Å²) in [6.07, 6.45) is 0.778. The highest BCUT2D eigenvalue weighted by Gasteiger charge is 2.29. The quantitative estimate of drug-likeness (QED) is 0.218. The van der Waals surface area contributed by atoms with Crippen molar-refractivity contribution in [1.82, 2.24) is 4.90 Å². The minimum Gasteiger partial charge on any atom is -0.448 e. The summed E-state index contributed by atoms with van der Waals surface area (Å²) < 4.78 is 33.3. The molecule has 39 heavy (non-hydrogen) atoms. The summed E-state index contributed by atoms with van der Waals surface area (Å²) in [5.74, 6) is 0.646. The Hall–Kier alpha value is -2.49. The van der Waals surface area contributed by atoms with Crippen LogP contribution in [0.1, 0.15) is 37.3 Å². The predicted octanol–water partition coefficient (Wildman–Crippen LogP) is 5.00. The van der Waals surface area contributed by atoms with E-state index in [2.05, 4.69) is 38.1 Å². The number of amides is 1. The van der Waals surface area contributed by atoms with Crippen LogP contribution in [-0.2, 0) is 28.4 Å². The SMILES string of the molecule is CCC(C)COCCOCCOCCOCCOCCN(C)C(=O)OCC1c2ccccc2-c2ccccc21. The number of ether oxygens (including phenoxy) is 6. The molecular weight excluding hydrogens is 498 g/mol. The molecule has 8 nitrogen and oxygen atoms in total. The first-order chi connectivity index (χ1) is 19.1. The Balaban J connectivity index is 1.15. The summed E-state index contributed by atoms with van der Waals surface area (Å²) in [7, 11) is 1.72. The number of hydrogen-bond donors (Lipinski definition) is 0. The van der Waals surface area contributed by atoms with Crippen LogP contribution in [0.2, 0.25) is 0 Å². The van der Waals surface area contributed by atoms with E-state index in [0.717, 1.165) is 13.0 Å². The molecule has 0 saturated heterocycles. The Morgan fingerprint density at radius 2 is 1.21 bits per heavy atom. The van der Waals surface area contributed by atoms with Gasteiger partial charge in [0.05, 0.1) is 59.5 Å². The molecule has 2 aromatic carbocycles. The van der Waals surface area contributed by atoms with Gasteiger partial charge >= 0.3 is 6.09 Å². The summed E-state index contributed by atoms with van der Waals surface area (Å²) in [6.45, 7) is 10.5. The topological polar surface area (TPSA) is 75.7 Å². The molecule has 2 aromatic rings. The second kappa shape index (κ2) is 18.0. The van der Waals surface area contributed by atoms with E-state index in [0.29, 0.717) is 78.5 Å². The highest BCUT2D eigenvalue weighted by Crippen LogP contribution is 2.44. The fraction of sp³-hybridized carbons (Fsp3) is 0.581. The molecule has 1 atom stereocenters. The van der Waals surface area contributed by atoms with Gasteiger partial charge in [-0.05, 0) is 28.2 Å². The van der Waals surface area contributed by atoms with Crippen molar-refractivity contribution in [2.24, 2.45) is 5.92 Å². The molecular formula is C31H45NO7. The number of carbonyl (C=O) groups is 1. The lowest BCUT2D eigenvalue weighted by Gasteiger charge is -2.19. The number of nitrogens with zero attached hydrogens (tertiary/aromatic N) is 1. The van der Waals surface area contributed by atoms with Crippen LogP contribution in [0, 0.1) is 5.92 Å². The minimum atomic E-state index is -0.351. The van der Waals surface area contributed by atoms with Gasteiger partial charge in [0, 0.05) is 26.1 Å². The van der Waals surface area contributed by atoms with Crippen molar-refractivity contribution < 1.29 is 33.2 Å². The van der Waals surface area contributed by atoms with Crippen LogP contribution >= 0.6 is 0 Å². The monoisotopic (exact) mass is 543 g/mol. The van der Waals surface area contributed by atoms with Crippen molar-refractivity contribution in [3.8, 4) is 11.1 Å². The van der Waals surface area contributed by atoms with E-state index in [-0.39, 0.29) is 12.0 Å². The lowest BCUT2D eigenvalue weighted by atomic mass is 9.98. The molecule has 0 radical (unpaired) electrons. The van der Waals surface area contributed by atoms with E-state index < -0.39 is 0 Å². The Morgan fingerprint density at radius 1 is 0.744 bits per heavy atom. The summed E-state index contributed by atoms with van der Waals surface area (Å²) in [5, 5.41) is 0. The zero-order valence-electron chi connectivity index (χ0n) is 23.8. The summed E-state index contributed by atoms with van der Waals surface area (Å²) in [5.41, 5.74) is 4.84. The molecule has 216 valence electrons. The van der Waals surface area contributed by atoms with Crippen molar-refractivity contribution in [2.45, 2.75) is 26.2 Å². The number of hydrogen-bond acceptors (Lipinski definition) is 7. The zero-order valence-corrected chi connectivity index (χ0v) is 23.8. The van der Waals surface area contributed by atoms with Gasteiger partial charge in [-0.1, -0.05) is 68.8 Å². The Kier molecular flexibility index (Phi) is 14.3. The van der Waals surface area contributed by atoms with Gasteiger partial charge in [0.25, 0.3) is 0 Å². The molecule has 0 heterocycles. The van der Waals surface area contributed by atoms with E-state index in [9.17, 15) is 4.79 Å². The standard InChI is InChI=1S/C31H45NO7/c1-4-25(2)23-38-22-21-37-20-19-36-18-17-35-16-15-34-14-13-32(3)31(33)39-24-30-28-11-7-5-9-26(28)27-10-6-8-12-29(27)30/h5-12,25,30H,4,13-24H2,1-3H3. The van der Waals surface area contributed by atoms with Crippen LogP contribution in [-0.4, -0.2) is 97.3 Å². The summed E-state index contributed by atoms with van der Waals surface area (Å²) in [6, 6.07) is 16.6. The molecule has 0 aliphatic heterocycles. The molecule has 0 spiro atoms. The van der Waals surface area contributed by atoms with E-state index in [1.165, 1.54) is 22.3 Å². The van der Waals surface area contributed by atoms with E-state index in [1.807, 2.05) is 24.3 Å². The number of benzene rings is 2. The molecule has 0 saturated carbocycles. The van der Waals surface area contributed by atoms with Gasteiger partial charge in [0.1, 0.15) is 6.61 Å². The molecule has 3 rings (SSSR count). The zero-order chi connectivity index (χ0) is 27.7. The van der Waals surface area contributed by atoms with Crippen LogP contribution in [0.25, 0.3) is 11.1 Å². The molecule has 1 amide bonds. The van der Waals surface area contributed by atoms with Crippen LogP contribution < -0.4 is 0 Å². The Labute approximate surface area is 233 Å². The van der Waals surface area contributed by atoms with Gasteiger partial charge in [-0.25, -0.2) is 4.79 Å². The normalized spacial score (nSPS) is 13.2. The van der Waals surface area contributed by atoms with Crippen molar-refractivity contribution >= 4 is 6.09 Å². The summed E-state index contributed by atoms with van der Waals surface area (Å²) >= 11 is 0. The first kappa shape index (κ1) is 31.0. The van der Waals surface area contributed by atoms with Crippen LogP contribution in [0.5, 0.6) is 0 Å². The van der Waals surface area contributed by atoms with Crippen LogP contribution in [0.15, 0.2) is 48.5 Å². The fourth-order valence-electron chi connectivity index (χ4n) is 4.28. The fourth-order valence-corrected chi connectivity index (χ4v) is 4.28. The smallest absolute Gasteiger partial charge is 0.409 e. The summed E-state index contributed by atoms with van der Waals surface area (Å²) in [4.78, 5) is 14.1. The molecule has 1 aliphatic rings. The number of fused-ring (bicyclic) bond motifs is 3.